The summed E-state index contributed by atoms with van der Waals surface area (Å²) in [6.45, 7) is 0.660. The van der Waals surface area contributed by atoms with Gasteiger partial charge in [0.2, 0.25) is 5.89 Å². The molecule has 5 rings (SSSR count). The van der Waals surface area contributed by atoms with Crippen molar-refractivity contribution in [1.82, 2.24) is 20.1 Å². The summed E-state index contributed by atoms with van der Waals surface area (Å²) in [6.07, 6.45) is -1.77. The maximum Gasteiger partial charge on any atom is 0.314 e. The van der Waals surface area contributed by atoms with E-state index < -0.39 is 36.1 Å². The number of aromatic nitrogens is 3. The van der Waals surface area contributed by atoms with Crippen molar-refractivity contribution in [2.45, 2.75) is 31.5 Å². The molecular weight excluding hydrogens is 448 g/mol. The van der Waals surface area contributed by atoms with Crippen LogP contribution in [-0.4, -0.2) is 51.3 Å². The molecule has 1 aromatic carbocycles. The fourth-order valence-corrected chi connectivity index (χ4v) is 3.88. The van der Waals surface area contributed by atoms with Crippen LogP contribution in [0.25, 0.3) is 11.5 Å². The topological polar surface area (TPSA) is 90.6 Å². The Hall–Kier alpha value is -3.54. The predicted molar refractivity (Wildman–Crippen MR) is 102 cm³/mol. The minimum atomic E-state index is -2.92. The van der Waals surface area contributed by atoms with E-state index in [2.05, 4.69) is 15.2 Å². The molecule has 0 N–H and O–H groups in total. The first-order valence-corrected chi connectivity index (χ1v) is 10.0. The molecule has 172 valence electrons. The lowest BCUT2D eigenvalue weighted by molar-refractivity contribution is -0.0440. The Morgan fingerprint density at radius 3 is 2.79 bits per heavy atom. The van der Waals surface area contributed by atoms with E-state index in [1.54, 1.807) is 0 Å². The maximum absolute atomic E-state index is 14.1. The van der Waals surface area contributed by atoms with Crippen LogP contribution < -0.4 is 4.74 Å². The van der Waals surface area contributed by atoms with Gasteiger partial charge in [-0.15, -0.1) is 10.2 Å². The SMILES string of the molecule is O=C1c2cc(-c3nnc(C(F)F)o3)cnc2CN1[C@@H]1COCC[C@H]1Oc1ccc(F)cc1F. The third kappa shape index (κ3) is 4.01. The van der Waals surface area contributed by atoms with Gasteiger partial charge in [0.25, 0.3) is 11.8 Å². The van der Waals surface area contributed by atoms with E-state index in [1.165, 1.54) is 23.2 Å². The molecule has 0 unspecified atom stereocenters. The van der Waals surface area contributed by atoms with Crippen LogP contribution in [0.4, 0.5) is 17.6 Å². The van der Waals surface area contributed by atoms with Crippen LogP contribution in [0.2, 0.25) is 0 Å². The summed E-state index contributed by atoms with van der Waals surface area (Å²) < 4.78 is 69.0. The van der Waals surface area contributed by atoms with E-state index in [0.717, 1.165) is 12.1 Å². The van der Waals surface area contributed by atoms with Crippen LogP contribution in [0.5, 0.6) is 5.75 Å². The van der Waals surface area contributed by atoms with Crippen molar-refractivity contribution in [3.05, 3.63) is 59.2 Å². The molecule has 2 aliphatic heterocycles. The zero-order valence-corrected chi connectivity index (χ0v) is 16.9. The number of pyridine rings is 1. The molecule has 0 aliphatic carbocycles. The molecule has 2 aromatic heterocycles. The summed E-state index contributed by atoms with van der Waals surface area (Å²) >= 11 is 0. The molecule has 1 amide bonds. The Morgan fingerprint density at radius 1 is 1.18 bits per heavy atom. The molecule has 4 heterocycles. The molecule has 8 nitrogen and oxygen atoms in total. The van der Waals surface area contributed by atoms with Gasteiger partial charge in [0.15, 0.2) is 11.6 Å². The number of alkyl halides is 2. The normalized spacial score (nSPS) is 20.4. The third-order valence-corrected chi connectivity index (χ3v) is 5.49. The van der Waals surface area contributed by atoms with Gasteiger partial charge >= 0.3 is 6.43 Å². The molecule has 2 aliphatic rings. The number of carbonyl (C=O) groups is 1. The van der Waals surface area contributed by atoms with Crippen molar-refractivity contribution in [2.75, 3.05) is 13.2 Å². The van der Waals surface area contributed by atoms with E-state index in [-0.39, 0.29) is 41.8 Å². The fourth-order valence-electron chi connectivity index (χ4n) is 3.88. The molecule has 0 radical (unpaired) electrons. The van der Waals surface area contributed by atoms with Gasteiger partial charge in [-0.1, -0.05) is 0 Å². The number of benzene rings is 1. The molecule has 12 heteroatoms. The largest absolute Gasteiger partial charge is 0.485 e. The molecule has 33 heavy (non-hydrogen) atoms. The van der Waals surface area contributed by atoms with E-state index in [0.29, 0.717) is 18.7 Å². The van der Waals surface area contributed by atoms with Gasteiger partial charge in [0, 0.05) is 18.7 Å². The predicted octanol–water partition coefficient (Wildman–Crippen LogP) is 3.54. The van der Waals surface area contributed by atoms with Crippen LogP contribution >= 0.6 is 0 Å². The Morgan fingerprint density at radius 2 is 2.03 bits per heavy atom. The lowest BCUT2D eigenvalue weighted by atomic mass is 10.0. The molecule has 3 aromatic rings. The third-order valence-electron chi connectivity index (χ3n) is 5.49. The second-order valence-electron chi connectivity index (χ2n) is 7.56. The average Bonchev–Trinajstić information content (AvgIpc) is 3.41. The van der Waals surface area contributed by atoms with Crippen LogP contribution in [0.15, 0.2) is 34.9 Å². The number of halogens is 4. The Kier molecular flexibility index (Phi) is 5.44. The Bertz CT molecular complexity index is 1200. The molecule has 0 spiro atoms. The van der Waals surface area contributed by atoms with Gasteiger partial charge in [-0.05, 0) is 18.2 Å². The van der Waals surface area contributed by atoms with E-state index in [9.17, 15) is 22.4 Å². The highest BCUT2D eigenvalue weighted by Crippen LogP contribution is 2.32. The molecular formula is C21H16F4N4O4. The number of rotatable bonds is 5. The Labute approximate surface area is 184 Å². The van der Waals surface area contributed by atoms with Gasteiger partial charge in [-0.3, -0.25) is 9.78 Å². The van der Waals surface area contributed by atoms with Gasteiger partial charge in [0.05, 0.1) is 42.6 Å². The van der Waals surface area contributed by atoms with E-state index >= 15 is 0 Å². The first-order valence-electron chi connectivity index (χ1n) is 10.0. The number of nitrogens with zero attached hydrogens (tertiary/aromatic N) is 4. The van der Waals surface area contributed by atoms with Crippen molar-refractivity contribution >= 4 is 5.91 Å². The second-order valence-corrected chi connectivity index (χ2v) is 7.56. The summed E-state index contributed by atoms with van der Waals surface area (Å²) in [5.41, 5.74) is 0.945. The molecule has 0 bridgehead atoms. The highest BCUT2D eigenvalue weighted by molar-refractivity contribution is 5.99. The van der Waals surface area contributed by atoms with Gasteiger partial charge in [-0.2, -0.15) is 8.78 Å². The maximum atomic E-state index is 14.1. The number of ether oxygens (including phenoxy) is 2. The Balaban J connectivity index is 1.38. The highest BCUT2D eigenvalue weighted by atomic mass is 19.3. The average molecular weight is 464 g/mol. The standard InChI is InChI=1S/C21H16F4N4O4/c22-11-1-2-16(13(23)6-11)32-17-3-4-31-9-15(17)29-8-14-12(21(29)30)5-10(7-26-14)19-27-28-20(33-19)18(24)25/h1-2,5-7,15,17-18H,3-4,8-9H2/t15-,17-/m1/s1. The zero-order valence-electron chi connectivity index (χ0n) is 16.9. The van der Waals surface area contributed by atoms with Crippen LogP contribution in [0.3, 0.4) is 0 Å². The van der Waals surface area contributed by atoms with E-state index in [4.69, 9.17) is 13.9 Å². The number of amides is 1. The van der Waals surface area contributed by atoms with Crippen molar-refractivity contribution < 1.29 is 36.2 Å². The molecule has 1 fully saturated rings. The number of carbonyl (C=O) groups excluding carboxylic acids is 1. The van der Waals surface area contributed by atoms with E-state index in [1.807, 2.05) is 0 Å². The summed E-state index contributed by atoms with van der Waals surface area (Å²) in [7, 11) is 0. The number of hydrogen-bond donors (Lipinski definition) is 0. The lowest BCUT2D eigenvalue weighted by Crippen LogP contribution is -2.52. The van der Waals surface area contributed by atoms with Crippen molar-refractivity contribution in [2.24, 2.45) is 0 Å². The first kappa shape index (κ1) is 21.3. The molecule has 0 saturated carbocycles. The monoisotopic (exact) mass is 464 g/mol. The highest BCUT2D eigenvalue weighted by Gasteiger charge is 2.41. The van der Waals surface area contributed by atoms with Gasteiger partial charge in [-0.25, -0.2) is 8.78 Å². The van der Waals surface area contributed by atoms with Gasteiger partial charge in [0.1, 0.15) is 11.9 Å². The van der Waals surface area contributed by atoms with Crippen molar-refractivity contribution in [1.29, 1.82) is 0 Å². The zero-order chi connectivity index (χ0) is 23.1. The smallest absolute Gasteiger partial charge is 0.314 e. The minimum Gasteiger partial charge on any atom is -0.485 e. The molecule has 1 saturated heterocycles. The number of hydrogen-bond acceptors (Lipinski definition) is 7. The fraction of sp³-hybridized carbons (Fsp3) is 0.333. The van der Waals surface area contributed by atoms with Crippen molar-refractivity contribution in [3.8, 4) is 17.2 Å². The van der Waals surface area contributed by atoms with Crippen LogP contribution in [0, 0.1) is 11.6 Å². The van der Waals surface area contributed by atoms with Crippen molar-refractivity contribution in [3.63, 3.8) is 0 Å². The number of fused-ring (bicyclic) bond motifs is 1. The lowest BCUT2D eigenvalue weighted by Gasteiger charge is -2.37. The summed E-state index contributed by atoms with van der Waals surface area (Å²) in [5, 5.41) is 6.86. The molecule has 2 atom stereocenters. The summed E-state index contributed by atoms with van der Waals surface area (Å²) in [5.74, 6) is -3.07. The minimum absolute atomic E-state index is 0.121. The summed E-state index contributed by atoms with van der Waals surface area (Å²) in [6, 6.07) is 3.91. The quantitative estimate of drug-likeness (QED) is 0.534. The van der Waals surface area contributed by atoms with Crippen LogP contribution in [0.1, 0.15) is 34.8 Å². The summed E-state index contributed by atoms with van der Waals surface area (Å²) in [4.78, 5) is 18.9. The van der Waals surface area contributed by atoms with Crippen LogP contribution in [-0.2, 0) is 11.3 Å². The second kappa shape index (κ2) is 8.43. The van der Waals surface area contributed by atoms with Gasteiger partial charge < -0.3 is 18.8 Å². The first-order chi connectivity index (χ1) is 15.9.